The Morgan fingerprint density at radius 2 is 2.04 bits per heavy atom. The van der Waals surface area contributed by atoms with E-state index in [0.717, 1.165) is 49.8 Å². The number of guanidine groups is 1. The van der Waals surface area contributed by atoms with Gasteiger partial charge < -0.3 is 20.3 Å². The fraction of sp³-hybridized carbons (Fsp3) is 0.636. The Kier molecular flexibility index (Phi) is 8.61. The van der Waals surface area contributed by atoms with E-state index >= 15 is 0 Å². The van der Waals surface area contributed by atoms with Gasteiger partial charge in [-0.15, -0.1) is 0 Å². The number of carbonyl (C=O) groups is 1. The monoisotopic (exact) mass is 388 g/mol. The number of amides is 1. The summed E-state index contributed by atoms with van der Waals surface area (Å²) in [6.45, 7) is 11.2. The van der Waals surface area contributed by atoms with Crippen molar-refractivity contribution in [1.82, 2.24) is 15.5 Å². The predicted octanol–water partition coefficient (Wildman–Crippen LogP) is 3.03. The van der Waals surface area contributed by atoms with Crippen LogP contribution in [0.1, 0.15) is 46.1 Å². The zero-order valence-corrected chi connectivity index (χ0v) is 18.0. The number of ether oxygens (including phenoxy) is 1. The van der Waals surface area contributed by atoms with Gasteiger partial charge in [-0.2, -0.15) is 0 Å². The van der Waals surface area contributed by atoms with Crippen molar-refractivity contribution < 1.29 is 9.53 Å². The Morgan fingerprint density at radius 3 is 2.71 bits per heavy atom. The Bertz CT molecular complexity index is 658. The number of hydrogen-bond acceptors (Lipinski definition) is 3. The number of likely N-dealkylation sites (tertiary alicyclic amines) is 1. The standard InChI is InChI=1S/C22H36N4O2/c1-16(2)11-13-28-20-9-7-6-8-18(20)14-24-22(23-5)25-19-10-12-26(15-19)21(27)17(3)4/h6-9,16-17,19H,10-15H2,1-5H3,(H2,23,24,25). The highest BCUT2D eigenvalue weighted by Gasteiger charge is 2.27. The molecule has 6 heteroatoms. The molecule has 0 spiro atoms. The van der Waals surface area contributed by atoms with Crippen molar-refractivity contribution in [3.63, 3.8) is 0 Å². The van der Waals surface area contributed by atoms with Crippen molar-refractivity contribution in [3.05, 3.63) is 29.8 Å². The minimum absolute atomic E-state index is 0.0448. The minimum Gasteiger partial charge on any atom is -0.493 e. The van der Waals surface area contributed by atoms with Crippen molar-refractivity contribution in [1.29, 1.82) is 0 Å². The third kappa shape index (κ3) is 6.73. The van der Waals surface area contributed by atoms with E-state index < -0.39 is 0 Å². The Morgan fingerprint density at radius 1 is 1.29 bits per heavy atom. The molecule has 1 aliphatic rings. The van der Waals surface area contributed by atoms with Crippen molar-refractivity contribution in [2.24, 2.45) is 16.8 Å². The summed E-state index contributed by atoms with van der Waals surface area (Å²) in [5, 5.41) is 6.82. The topological polar surface area (TPSA) is 66.0 Å². The highest BCUT2D eigenvalue weighted by molar-refractivity contribution is 5.81. The van der Waals surface area contributed by atoms with Crippen LogP contribution in [0, 0.1) is 11.8 Å². The first kappa shape index (κ1) is 22.1. The largest absolute Gasteiger partial charge is 0.493 e. The van der Waals surface area contributed by atoms with Crippen LogP contribution in [0.15, 0.2) is 29.3 Å². The molecule has 1 unspecified atom stereocenters. The molecule has 0 bridgehead atoms. The average molecular weight is 389 g/mol. The van der Waals surface area contributed by atoms with Crippen LogP contribution in [-0.4, -0.2) is 49.6 Å². The second kappa shape index (κ2) is 10.9. The zero-order chi connectivity index (χ0) is 20.5. The van der Waals surface area contributed by atoms with Crippen LogP contribution in [0.5, 0.6) is 5.75 Å². The minimum atomic E-state index is 0.0448. The van der Waals surface area contributed by atoms with E-state index in [1.54, 1.807) is 7.05 Å². The van der Waals surface area contributed by atoms with E-state index in [1.165, 1.54) is 0 Å². The van der Waals surface area contributed by atoms with Gasteiger partial charge >= 0.3 is 0 Å². The normalized spacial score (nSPS) is 17.3. The molecular weight excluding hydrogens is 352 g/mol. The summed E-state index contributed by atoms with van der Waals surface area (Å²) in [6.07, 6.45) is 1.98. The van der Waals surface area contributed by atoms with Gasteiger partial charge in [-0.3, -0.25) is 9.79 Å². The molecule has 1 aliphatic heterocycles. The molecule has 1 saturated heterocycles. The first-order valence-corrected chi connectivity index (χ1v) is 10.4. The molecule has 156 valence electrons. The molecule has 0 radical (unpaired) electrons. The van der Waals surface area contributed by atoms with Gasteiger partial charge in [-0.05, 0) is 24.8 Å². The number of rotatable bonds is 8. The third-order valence-corrected chi connectivity index (χ3v) is 4.93. The Balaban J connectivity index is 1.85. The van der Waals surface area contributed by atoms with Crippen LogP contribution in [0.4, 0.5) is 0 Å². The highest BCUT2D eigenvalue weighted by Crippen LogP contribution is 2.18. The van der Waals surface area contributed by atoms with E-state index in [9.17, 15) is 4.79 Å². The van der Waals surface area contributed by atoms with Crippen molar-refractivity contribution in [2.75, 3.05) is 26.7 Å². The molecule has 1 aromatic rings. The van der Waals surface area contributed by atoms with Gasteiger partial charge in [0, 0.05) is 44.2 Å². The van der Waals surface area contributed by atoms with Crippen LogP contribution in [0.3, 0.4) is 0 Å². The maximum atomic E-state index is 12.2. The number of para-hydroxylation sites is 1. The van der Waals surface area contributed by atoms with Crippen LogP contribution in [0.2, 0.25) is 0 Å². The van der Waals surface area contributed by atoms with Crippen molar-refractivity contribution in [2.45, 2.75) is 53.1 Å². The highest BCUT2D eigenvalue weighted by atomic mass is 16.5. The van der Waals surface area contributed by atoms with Gasteiger partial charge in [0.25, 0.3) is 0 Å². The van der Waals surface area contributed by atoms with Crippen LogP contribution < -0.4 is 15.4 Å². The Hall–Kier alpha value is -2.24. The van der Waals surface area contributed by atoms with Crippen LogP contribution in [0.25, 0.3) is 0 Å². The number of nitrogens with zero attached hydrogens (tertiary/aromatic N) is 2. The maximum Gasteiger partial charge on any atom is 0.225 e. The molecule has 6 nitrogen and oxygen atoms in total. The van der Waals surface area contributed by atoms with Gasteiger partial charge in [-0.25, -0.2) is 0 Å². The fourth-order valence-corrected chi connectivity index (χ4v) is 3.21. The van der Waals surface area contributed by atoms with Gasteiger partial charge in [0.15, 0.2) is 5.96 Å². The van der Waals surface area contributed by atoms with E-state index in [1.807, 2.05) is 36.9 Å². The van der Waals surface area contributed by atoms with E-state index in [4.69, 9.17) is 4.74 Å². The quantitative estimate of drug-likeness (QED) is 0.531. The lowest BCUT2D eigenvalue weighted by Gasteiger charge is -2.20. The molecular formula is C22H36N4O2. The molecule has 2 N–H and O–H groups in total. The summed E-state index contributed by atoms with van der Waals surface area (Å²) in [5.41, 5.74) is 1.11. The molecule has 0 saturated carbocycles. The number of aliphatic imine (C=N–C) groups is 1. The second-order valence-corrected chi connectivity index (χ2v) is 8.13. The maximum absolute atomic E-state index is 12.2. The van der Waals surface area contributed by atoms with Gasteiger partial charge in [0.2, 0.25) is 5.91 Å². The van der Waals surface area contributed by atoms with Gasteiger partial charge in [-0.1, -0.05) is 45.9 Å². The molecule has 0 aliphatic carbocycles. The summed E-state index contributed by atoms with van der Waals surface area (Å²) in [4.78, 5) is 18.4. The lowest BCUT2D eigenvalue weighted by atomic mass is 10.1. The fourth-order valence-electron chi connectivity index (χ4n) is 3.21. The Labute approximate surface area is 169 Å². The first-order chi connectivity index (χ1) is 13.4. The summed E-state index contributed by atoms with van der Waals surface area (Å²) >= 11 is 0. The SMILES string of the molecule is CN=C(NCc1ccccc1OCCC(C)C)NC1CCN(C(=O)C(C)C)C1. The summed E-state index contributed by atoms with van der Waals surface area (Å²) in [5.74, 6) is 2.56. The molecule has 1 fully saturated rings. The lowest BCUT2D eigenvalue weighted by Crippen LogP contribution is -2.45. The molecule has 2 rings (SSSR count). The van der Waals surface area contributed by atoms with Gasteiger partial charge in [0.1, 0.15) is 5.75 Å². The number of carbonyl (C=O) groups excluding carboxylic acids is 1. The predicted molar refractivity (Wildman–Crippen MR) is 115 cm³/mol. The van der Waals surface area contributed by atoms with E-state index in [0.29, 0.717) is 12.5 Å². The third-order valence-electron chi connectivity index (χ3n) is 4.93. The number of benzene rings is 1. The van der Waals surface area contributed by atoms with Gasteiger partial charge in [0.05, 0.1) is 6.61 Å². The first-order valence-electron chi connectivity index (χ1n) is 10.4. The zero-order valence-electron chi connectivity index (χ0n) is 18.0. The van der Waals surface area contributed by atoms with E-state index in [-0.39, 0.29) is 17.9 Å². The number of hydrogen-bond donors (Lipinski definition) is 2. The van der Waals surface area contributed by atoms with Crippen LogP contribution in [-0.2, 0) is 11.3 Å². The number of nitrogens with one attached hydrogen (secondary N) is 2. The van der Waals surface area contributed by atoms with Crippen LogP contribution >= 0.6 is 0 Å². The molecule has 0 aromatic heterocycles. The summed E-state index contributed by atoms with van der Waals surface area (Å²) < 4.78 is 5.97. The average Bonchev–Trinajstić information content (AvgIpc) is 3.13. The summed E-state index contributed by atoms with van der Waals surface area (Å²) in [6, 6.07) is 8.34. The molecule has 1 atom stereocenters. The van der Waals surface area contributed by atoms with E-state index in [2.05, 4.69) is 35.5 Å². The smallest absolute Gasteiger partial charge is 0.225 e. The molecule has 1 amide bonds. The second-order valence-electron chi connectivity index (χ2n) is 8.13. The van der Waals surface area contributed by atoms with Crippen molar-refractivity contribution >= 4 is 11.9 Å². The molecule has 1 heterocycles. The molecule has 28 heavy (non-hydrogen) atoms. The van der Waals surface area contributed by atoms with Crippen molar-refractivity contribution in [3.8, 4) is 5.75 Å². The molecule has 1 aromatic carbocycles. The lowest BCUT2D eigenvalue weighted by molar-refractivity contribution is -0.133. The summed E-state index contributed by atoms with van der Waals surface area (Å²) in [7, 11) is 1.77.